The van der Waals surface area contributed by atoms with Crippen molar-refractivity contribution < 1.29 is 19.1 Å². The molecule has 114 valence electrons. The lowest BCUT2D eigenvalue weighted by atomic mass is 10.0. The summed E-state index contributed by atoms with van der Waals surface area (Å²) in [6, 6.07) is 2.94. The Morgan fingerprint density at radius 2 is 2.24 bits per heavy atom. The smallest absolute Gasteiger partial charge is 0.328 e. The third-order valence-electron chi connectivity index (χ3n) is 3.44. The topological polar surface area (TPSA) is 75.7 Å². The number of hydrogen-bond donors (Lipinski definition) is 1. The summed E-state index contributed by atoms with van der Waals surface area (Å²) in [5.41, 5.74) is 0. The summed E-state index contributed by atoms with van der Waals surface area (Å²) in [5, 5.41) is 4.39. The van der Waals surface area contributed by atoms with Gasteiger partial charge in [0, 0.05) is 6.54 Å². The molecule has 1 aromatic rings. The second kappa shape index (κ2) is 7.21. The summed E-state index contributed by atoms with van der Waals surface area (Å²) >= 11 is 1.32. The maximum atomic E-state index is 12.2. The van der Waals surface area contributed by atoms with Gasteiger partial charge in [-0.3, -0.25) is 9.59 Å². The number of amides is 2. The molecular formula is C14H18N2O4S. The molecule has 1 aliphatic rings. The fourth-order valence-electron chi connectivity index (χ4n) is 2.36. The van der Waals surface area contributed by atoms with E-state index in [9.17, 15) is 14.4 Å². The standard InChI is InChI=1S/C14H18N2O4S/c1-20-14(19)10-5-2-3-7-16(10)12(17)9-15-13(18)11-6-4-8-21-11/h4,6,8,10H,2-3,5,7,9H2,1H3,(H,15,18). The predicted octanol–water partition coefficient (Wildman–Crippen LogP) is 1.03. The van der Waals surface area contributed by atoms with Crippen LogP contribution in [0.4, 0.5) is 0 Å². The second-order valence-electron chi connectivity index (χ2n) is 4.78. The third kappa shape index (κ3) is 3.81. The summed E-state index contributed by atoms with van der Waals surface area (Å²) in [6.07, 6.45) is 2.36. The van der Waals surface area contributed by atoms with Gasteiger partial charge >= 0.3 is 5.97 Å². The van der Waals surface area contributed by atoms with Gasteiger partial charge in [0.25, 0.3) is 5.91 Å². The molecule has 1 unspecified atom stereocenters. The first-order valence-corrected chi connectivity index (χ1v) is 7.70. The number of carbonyl (C=O) groups is 3. The Bertz CT molecular complexity index is 515. The molecule has 2 amide bonds. The average molecular weight is 310 g/mol. The number of methoxy groups -OCH3 is 1. The highest BCUT2D eigenvalue weighted by Crippen LogP contribution is 2.18. The van der Waals surface area contributed by atoms with Crippen LogP contribution < -0.4 is 5.32 Å². The number of nitrogens with one attached hydrogen (secondary N) is 1. The molecule has 0 saturated carbocycles. The molecule has 21 heavy (non-hydrogen) atoms. The van der Waals surface area contributed by atoms with Crippen LogP contribution in [-0.2, 0) is 14.3 Å². The van der Waals surface area contributed by atoms with Crippen LogP contribution in [0.25, 0.3) is 0 Å². The minimum Gasteiger partial charge on any atom is -0.467 e. The van der Waals surface area contributed by atoms with E-state index in [-0.39, 0.29) is 18.4 Å². The monoisotopic (exact) mass is 310 g/mol. The number of hydrogen-bond acceptors (Lipinski definition) is 5. The number of thiophene rings is 1. The van der Waals surface area contributed by atoms with Crippen molar-refractivity contribution in [2.45, 2.75) is 25.3 Å². The first-order valence-electron chi connectivity index (χ1n) is 6.82. The molecule has 0 radical (unpaired) electrons. The van der Waals surface area contributed by atoms with E-state index in [1.165, 1.54) is 23.3 Å². The zero-order valence-corrected chi connectivity index (χ0v) is 12.6. The molecule has 2 rings (SSSR count). The molecule has 1 aliphatic heterocycles. The molecule has 0 aliphatic carbocycles. The van der Waals surface area contributed by atoms with E-state index in [1.54, 1.807) is 17.5 Å². The minimum absolute atomic E-state index is 0.107. The van der Waals surface area contributed by atoms with E-state index < -0.39 is 12.0 Å². The van der Waals surface area contributed by atoms with Crippen LogP contribution in [0, 0.1) is 0 Å². The van der Waals surface area contributed by atoms with Gasteiger partial charge in [-0.05, 0) is 30.7 Å². The van der Waals surface area contributed by atoms with E-state index in [4.69, 9.17) is 4.74 Å². The van der Waals surface area contributed by atoms with E-state index in [0.717, 1.165) is 12.8 Å². The molecule has 6 nitrogen and oxygen atoms in total. The molecule has 0 spiro atoms. The Kier molecular flexibility index (Phi) is 5.32. The maximum absolute atomic E-state index is 12.2. The van der Waals surface area contributed by atoms with Gasteiger partial charge in [0.2, 0.25) is 5.91 Å². The molecule has 1 fully saturated rings. The summed E-state index contributed by atoms with van der Waals surface area (Å²) in [6.45, 7) is 0.414. The Morgan fingerprint density at radius 3 is 2.90 bits per heavy atom. The summed E-state index contributed by atoms with van der Waals surface area (Å²) in [7, 11) is 1.32. The van der Waals surface area contributed by atoms with Crippen LogP contribution >= 0.6 is 11.3 Å². The van der Waals surface area contributed by atoms with Crippen LogP contribution in [0.3, 0.4) is 0 Å². The summed E-state index contributed by atoms with van der Waals surface area (Å²) < 4.78 is 4.74. The van der Waals surface area contributed by atoms with E-state index in [2.05, 4.69) is 5.32 Å². The number of rotatable bonds is 4. The molecule has 1 saturated heterocycles. The first-order chi connectivity index (χ1) is 10.1. The zero-order valence-electron chi connectivity index (χ0n) is 11.8. The molecule has 0 aromatic carbocycles. The quantitative estimate of drug-likeness (QED) is 0.843. The van der Waals surface area contributed by atoms with Crippen molar-refractivity contribution in [2.75, 3.05) is 20.2 Å². The zero-order chi connectivity index (χ0) is 15.2. The van der Waals surface area contributed by atoms with Crippen LogP contribution in [0.15, 0.2) is 17.5 Å². The predicted molar refractivity (Wildman–Crippen MR) is 78.0 cm³/mol. The normalized spacial score (nSPS) is 18.1. The Morgan fingerprint density at radius 1 is 1.43 bits per heavy atom. The van der Waals surface area contributed by atoms with Crippen molar-refractivity contribution in [3.05, 3.63) is 22.4 Å². The number of likely N-dealkylation sites (tertiary alicyclic amines) is 1. The lowest BCUT2D eigenvalue weighted by Gasteiger charge is -2.33. The van der Waals surface area contributed by atoms with Gasteiger partial charge in [-0.15, -0.1) is 11.3 Å². The number of carbonyl (C=O) groups excluding carboxylic acids is 3. The van der Waals surface area contributed by atoms with Gasteiger partial charge in [-0.2, -0.15) is 0 Å². The number of ether oxygens (including phenoxy) is 1. The number of piperidine rings is 1. The first kappa shape index (κ1) is 15.5. The molecule has 1 aromatic heterocycles. The molecule has 7 heteroatoms. The van der Waals surface area contributed by atoms with Gasteiger partial charge < -0.3 is 15.0 Å². The van der Waals surface area contributed by atoms with E-state index >= 15 is 0 Å². The number of nitrogens with zero attached hydrogens (tertiary/aromatic N) is 1. The van der Waals surface area contributed by atoms with E-state index in [1.807, 2.05) is 0 Å². The highest BCUT2D eigenvalue weighted by Gasteiger charge is 2.32. The third-order valence-corrected chi connectivity index (χ3v) is 4.31. The fourth-order valence-corrected chi connectivity index (χ4v) is 3.00. The summed E-state index contributed by atoms with van der Waals surface area (Å²) in [4.78, 5) is 37.8. The molecule has 0 bridgehead atoms. The van der Waals surface area contributed by atoms with Gasteiger partial charge in [0.15, 0.2) is 0 Å². The Labute approximate surface area is 127 Å². The molecule has 1 N–H and O–H groups in total. The van der Waals surface area contributed by atoms with Gasteiger partial charge in [-0.1, -0.05) is 6.07 Å². The lowest BCUT2D eigenvalue weighted by Crippen LogP contribution is -2.51. The van der Waals surface area contributed by atoms with E-state index in [0.29, 0.717) is 17.8 Å². The molecular weight excluding hydrogens is 292 g/mol. The SMILES string of the molecule is COC(=O)C1CCCCN1C(=O)CNC(=O)c1cccs1. The average Bonchev–Trinajstić information content (AvgIpc) is 3.06. The van der Waals surface area contributed by atoms with Crippen molar-refractivity contribution >= 4 is 29.1 Å². The van der Waals surface area contributed by atoms with Crippen molar-refractivity contribution in [1.29, 1.82) is 0 Å². The maximum Gasteiger partial charge on any atom is 0.328 e. The largest absolute Gasteiger partial charge is 0.467 e. The number of esters is 1. The highest BCUT2D eigenvalue weighted by atomic mass is 32.1. The van der Waals surface area contributed by atoms with Crippen molar-refractivity contribution in [3.63, 3.8) is 0 Å². The van der Waals surface area contributed by atoms with Crippen LogP contribution in [0.2, 0.25) is 0 Å². The van der Waals surface area contributed by atoms with Crippen LogP contribution in [0.1, 0.15) is 28.9 Å². The van der Waals surface area contributed by atoms with Crippen molar-refractivity contribution in [3.8, 4) is 0 Å². The molecule has 2 heterocycles. The lowest BCUT2D eigenvalue weighted by molar-refractivity contribution is -0.154. The minimum atomic E-state index is -0.533. The van der Waals surface area contributed by atoms with Gasteiger partial charge in [0.1, 0.15) is 6.04 Å². The fraction of sp³-hybridized carbons (Fsp3) is 0.500. The van der Waals surface area contributed by atoms with Gasteiger partial charge in [0.05, 0.1) is 18.5 Å². The van der Waals surface area contributed by atoms with Gasteiger partial charge in [-0.25, -0.2) is 4.79 Å². The Balaban J connectivity index is 1.92. The summed E-state index contributed by atoms with van der Waals surface area (Å²) in [5.74, 6) is -0.924. The second-order valence-corrected chi connectivity index (χ2v) is 5.73. The Hall–Kier alpha value is -1.89. The van der Waals surface area contributed by atoms with Crippen LogP contribution in [-0.4, -0.2) is 48.9 Å². The van der Waals surface area contributed by atoms with Crippen molar-refractivity contribution in [2.24, 2.45) is 0 Å². The molecule has 1 atom stereocenters. The highest BCUT2D eigenvalue weighted by molar-refractivity contribution is 7.12. The van der Waals surface area contributed by atoms with Crippen LogP contribution in [0.5, 0.6) is 0 Å². The van der Waals surface area contributed by atoms with Crippen molar-refractivity contribution in [1.82, 2.24) is 10.2 Å².